The van der Waals surface area contributed by atoms with Crippen LogP contribution in [0.25, 0.3) is 21.8 Å². The molecule has 0 aliphatic rings. The highest BCUT2D eigenvalue weighted by Crippen LogP contribution is 2.31. The van der Waals surface area contributed by atoms with Gasteiger partial charge in [0.1, 0.15) is 0 Å². The molecule has 0 amide bonds. The van der Waals surface area contributed by atoms with Crippen molar-refractivity contribution in [2.24, 2.45) is 0 Å². The number of aromatic amines is 2. The summed E-state index contributed by atoms with van der Waals surface area (Å²) in [6.07, 6.45) is 3.68. The Labute approximate surface area is 208 Å². The third-order valence-corrected chi connectivity index (χ3v) is 4.43. The average molecular weight is 533 g/mol. The molecule has 0 unspecified atom stereocenters. The van der Waals surface area contributed by atoms with E-state index in [1.54, 1.807) is 24.4 Å². The van der Waals surface area contributed by atoms with Crippen molar-refractivity contribution in [2.45, 2.75) is 58.7 Å². The van der Waals surface area contributed by atoms with E-state index in [-0.39, 0.29) is 29.1 Å². The van der Waals surface area contributed by atoms with Crippen LogP contribution in [0.4, 0.5) is 11.4 Å². The van der Waals surface area contributed by atoms with Gasteiger partial charge >= 0.3 is 0 Å². The van der Waals surface area contributed by atoms with Gasteiger partial charge in [0.25, 0.3) is 11.4 Å². The molecule has 4 rings (SSSR count). The maximum absolute atomic E-state index is 10.6. The molecule has 0 aliphatic heterocycles. The van der Waals surface area contributed by atoms with Gasteiger partial charge in [0.15, 0.2) is 0 Å². The van der Waals surface area contributed by atoms with E-state index in [1.165, 1.54) is 17.7 Å². The fourth-order valence-electron chi connectivity index (χ4n) is 3.00. The Morgan fingerprint density at radius 1 is 0.794 bits per heavy atom. The van der Waals surface area contributed by atoms with Gasteiger partial charge in [-0.1, -0.05) is 64.9 Å². The van der Waals surface area contributed by atoms with Crippen LogP contribution in [0, 0.1) is 20.2 Å². The van der Waals surface area contributed by atoms with E-state index in [0.29, 0.717) is 4.32 Å². The van der Waals surface area contributed by atoms with E-state index < -0.39 is 4.92 Å². The zero-order valence-electron chi connectivity index (χ0n) is 19.6. The molecule has 0 saturated carbocycles. The number of benzene rings is 2. The first-order valence-corrected chi connectivity index (χ1v) is 11.1. The van der Waals surface area contributed by atoms with Gasteiger partial charge in [0, 0.05) is 46.4 Å². The largest absolute Gasteiger partial charge is 0.361 e. The molecule has 2 heterocycles. The number of rotatable bonds is 2. The molecule has 2 aromatic carbocycles. The highest BCUT2D eigenvalue weighted by atomic mass is 79.9. The van der Waals surface area contributed by atoms with Crippen LogP contribution in [0.5, 0.6) is 0 Å². The Bertz CT molecular complexity index is 1260. The summed E-state index contributed by atoms with van der Waals surface area (Å²) in [7, 11) is 0. The molecule has 0 radical (unpaired) electrons. The lowest BCUT2D eigenvalue weighted by Gasteiger charge is -2.17. The normalized spacial score (nSPS) is 11.0. The van der Waals surface area contributed by atoms with Gasteiger partial charge in [-0.2, -0.15) is 0 Å². The fraction of sp³-hybridized carbons (Fsp3) is 0.360. The average Bonchev–Trinajstić information content (AvgIpc) is 3.32. The van der Waals surface area contributed by atoms with Crippen molar-refractivity contribution in [1.82, 2.24) is 9.97 Å². The predicted octanol–water partition coefficient (Wildman–Crippen LogP) is 8.27. The lowest BCUT2D eigenvalue weighted by molar-refractivity contribution is -0.384. The van der Waals surface area contributed by atoms with Crippen LogP contribution in [-0.2, 0) is 5.41 Å². The van der Waals surface area contributed by atoms with Gasteiger partial charge in [0.2, 0.25) is 0 Å². The summed E-state index contributed by atoms with van der Waals surface area (Å²) in [4.78, 5) is 26.2. The van der Waals surface area contributed by atoms with E-state index in [2.05, 4.69) is 67.4 Å². The number of nitro benzene ring substituents is 2. The minimum absolute atomic E-state index is 0. The van der Waals surface area contributed by atoms with E-state index in [1.807, 2.05) is 18.3 Å². The second kappa shape index (κ2) is 11.3. The third-order valence-electron chi connectivity index (χ3n) is 4.43. The van der Waals surface area contributed by atoms with Crippen molar-refractivity contribution < 1.29 is 9.85 Å². The number of alkyl halides is 1. The summed E-state index contributed by atoms with van der Waals surface area (Å²) in [6.45, 7) is 12.7. The number of non-ortho nitro benzene ring substituents is 2. The molecule has 8 nitrogen and oxygen atoms in total. The first kappa shape index (κ1) is 28.8. The first-order chi connectivity index (χ1) is 15.2. The molecule has 2 N–H and O–H groups in total. The van der Waals surface area contributed by atoms with E-state index >= 15 is 0 Å². The summed E-state index contributed by atoms with van der Waals surface area (Å²) < 4.78 is 0.312. The topological polar surface area (TPSA) is 118 Å². The van der Waals surface area contributed by atoms with Gasteiger partial charge < -0.3 is 9.97 Å². The minimum atomic E-state index is -0.402. The Kier molecular flexibility index (Phi) is 9.57. The number of hydrogen-bond acceptors (Lipinski definition) is 4. The quantitative estimate of drug-likeness (QED) is 0.153. The van der Waals surface area contributed by atoms with Crippen LogP contribution in [0.15, 0.2) is 54.9 Å². The van der Waals surface area contributed by atoms with Crippen LogP contribution >= 0.6 is 15.9 Å². The van der Waals surface area contributed by atoms with Crippen molar-refractivity contribution in [3.63, 3.8) is 0 Å². The summed E-state index contributed by atoms with van der Waals surface area (Å²) >= 11 is 3.38. The van der Waals surface area contributed by atoms with E-state index in [9.17, 15) is 20.2 Å². The lowest BCUT2D eigenvalue weighted by Crippen LogP contribution is -2.09. The van der Waals surface area contributed by atoms with E-state index in [4.69, 9.17) is 0 Å². The lowest BCUT2D eigenvalue weighted by atomic mass is 9.87. The van der Waals surface area contributed by atoms with Crippen molar-refractivity contribution in [3.8, 4) is 0 Å². The Hall–Kier alpha value is -3.20. The highest BCUT2D eigenvalue weighted by molar-refractivity contribution is 9.10. The molecule has 0 spiro atoms. The zero-order valence-corrected chi connectivity index (χ0v) is 21.2. The van der Waals surface area contributed by atoms with Crippen molar-refractivity contribution in [2.75, 3.05) is 0 Å². The van der Waals surface area contributed by atoms with Gasteiger partial charge in [0.05, 0.1) is 20.9 Å². The summed E-state index contributed by atoms with van der Waals surface area (Å²) in [5, 5.41) is 23.0. The first-order valence-electron chi connectivity index (χ1n) is 10.3. The fourth-order valence-corrected chi connectivity index (χ4v) is 3.00. The van der Waals surface area contributed by atoms with Gasteiger partial charge in [-0.25, -0.2) is 0 Å². The number of nitrogens with one attached hydrogen (secondary N) is 2. The second-order valence-corrected chi connectivity index (χ2v) is 11.9. The van der Waals surface area contributed by atoms with Gasteiger partial charge in [-0.15, -0.1) is 0 Å². The number of nitrogens with zero attached hydrogens (tertiary/aromatic N) is 2. The molecular weight excluding hydrogens is 500 g/mol. The standard InChI is InChI=1S/C12H14N2O2.C8H6N2O2.C4H9Br.CH4/c1-12(2,3)10-7-13-11-6-8(14(15)16)4-5-9(10)11;11-10(12)7-2-1-6-3-4-9-8(6)5-7;1-4(2,3)5;/h4-7,13H,1-3H3;1-5,9H;1-3H3;1H4. The molecule has 184 valence electrons. The number of H-pyrrole nitrogens is 2. The number of hydrogen-bond donors (Lipinski definition) is 2. The van der Waals surface area contributed by atoms with Gasteiger partial charge in [-0.05, 0) is 34.6 Å². The Morgan fingerprint density at radius 3 is 1.79 bits per heavy atom. The maximum atomic E-state index is 10.6. The molecule has 4 aromatic rings. The van der Waals surface area contributed by atoms with Crippen LogP contribution in [0.3, 0.4) is 0 Å². The van der Waals surface area contributed by atoms with Crippen LogP contribution in [-0.4, -0.2) is 24.1 Å². The van der Waals surface area contributed by atoms with Gasteiger partial charge in [-0.3, -0.25) is 20.2 Å². The maximum Gasteiger partial charge on any atom is 0.271 e. The number of nitro groups is 2. The van der Waals surface area contributed by atoms with Crippen LogP contribution < -0.4 is 0 Å². The predicted molar refractivity (Wildman–Crippen MR) is 144 cm³/mol. The number of fused-ring (bicyclic) bond motifs is 2. The van der Waals surface area contributed by atoms with Crippen molar-refractivity contribution in [3.05, 3.63) is 80.7 Å². The number of halogens is 1. The van der Waals surface area contributed by atoms with E-state index in [0.717, 1.165) is 21.8 Å². The highest BCUT2D eigenvalue weighted by Gasteiger charge is 2.19. The monoisotopic (exact) mass is 532 g/mol. The molecular formula is C25H33BrN4O4. The molecule has 0 fully saturated rings. The molecule has 0 saturated heterocycles. The smallest absolute Gasteiger partial charge is 0.271 e. The Balaban J connectivity index is 0.000000284. The molecule has 2 aromatic heterocycles. The Morgan fingerprint density at radius 2 is 1.29 bits per heavy atom. The van der Waals surface area contributed by atoms with Crippen LogP contribution in [0.1, 0.15) is 54.5 Å². The zero-order chi connectivity index (χ0) is 25.0. The number of aromatic nitrogens is 2. The molecule has 0 atom stereocenters. The van der Waals surface area contributed by atoms with Crippen LogP contribution in [0.2, 0.25) is 0 Å². The molecule has 9 heteroatoms. The SMILES string of the molecule is C.CC(C)(C)Br.CC(C)(C)c1c[nH]c2cc([N+](=O)[O-])ccc12.O=[N+]([O-])c1ccc2cc[nH]c2c1. The molecule has 0 aliphatic carbocycles. The van der Waals surface area contributed by atoms with Crippen molar-refractivity contribution >= 4 is 49.1 Å². The third kappa shape index (κ3) is 8.30. The molecule has 34 heavy (non-hydrogen) atoms. The minimum Gasteiger partial charge on any atom is -0.361 e. The molecule has 0 bridgehead atoms. The summed E-state index contributed by atoms with van der Waals surface area (Å²) in [5.41, 5.74) is 3.06. The summed E-state index contributed by atoms with van der Waals surface area (Å²) in [6, 6.07) is 11.6. The van der Waals surface area contributed by atoms with Crippen molar-refractivity contribution in [1.29, 1.82) is 0 Å². The second-order valence-electron chi connectivity index (χ2n) is 9.51. The summed E-state index contributed by atoms with van der Waals surface area (Å²) in [5.74, 6) is 0.